The molecule has 2 amide bonds. The molecular weight excluding hydrogens is 1160 g/mol. The van der Waals surface area contributed by atoms with Crippen molar-refractivity contribution in [3.8, 4) is 17.6 Å². The topological polar surface area (TPSA) is 298 Å². The summed E-state index contributed by atoms with van der Waals surface area (Å²) in [5, 5.41) is 3.36. The van der Waals surface area contributed by atoms with Crippen LogP contribution in [0.4, 0.5) is 27.0 Å². The predicted octanol–water partition coefficient (Wildman–Crippen LogP) is 2.90. The molecule has 1 N–H and O–H groups in total. The van der Waals surface area contributed by atoms with Crippen LogP contribution in [0, 0.1) is 20.8 Å². The van der Waals surface area contributed by atoms with Gasteiger partial charge in [0.25, 0.3) is 0 Å². The van der Waals surface area contributed by atoms with E-state index in [1.54, 1.807) is 28.8 Å². The number of hydrogen-bond donors (Lipinski definition) is 1. The Hall–Kier alpha value is -6.12. The predicted molar refractivity (Wildman–Crippen MR) is 321 cm³/mol. The van der Waals surface area contributed by atoms with Gasteiger partial charge in [0, 0.05) is 130 Å². The first kappa shape index (κ1) is 71.4. The van der Waals surface area contributed by atoms with Crippen molar-refractivity contribution in [2.45, 2.75) is 124 Å². The summed E-state index contributed by atoms with van der Waals surface area (Å²) >= 11 is -2.25. The van der Waals surface area contributed by atoms with Gasteiger partial charge in [-0.15, -0.1) is 0 Å². The Labute approximate surface area is 511 Å². The number of likely N-dealkylation sites (tertiary alicyclic amines) is 2. The lowest BCUT2D eigenvalue weighted by atomic mass is 10.1. The minimum Gasteiger partial charge on any atom is -0.474 e. The Kier molecular flexibility index (Phi) is 31.4. The van der Waals surface area contributed by atoms with E-state index in [4.69, 9.17) is 48.9 Å². The number of aromatic nitrogens is 6. The molecular formula is C54H89N15O13S3. The molecule has 0 bridgehead atoms. The first-order valence-corrected chi connectivity index (χ1v) is 30.8. The molecule has 476 valence electrons. The summed E-state index contributed by atoms with van der Waals surface area (Å²) in [5.74, 6) is 5.02. The molecule has 6 fully saturated rings. The third-order valence-electron chi connectivity index (χ3n) is 14.7. The van der Waals surface area contributed by atoms with Gasteiger partial charge in [0.05, 0.1) is 22.8 Å². The molecule has 6 aliphatic rings. The summed E-state index contributed by atoms with van der Waals surface area (Å²) in [6.45, 7) is 32.3. The first-order valence-electron chi connectivity index (χ1n) is 28.8. The maximum absolute atomic E-state index is 12.2. The highest BCUT2D eigenvalue weighted by Gasteiger charge is 2.31. The van der Waals surface area contributed by atoms with Gasteiger partial charge in [0.15, 0.2) is 0 Å². The second kappa shape index (κ2) is 37.4. The number of hydrogen-bond acceptors (Lipinski definition) is 26. The Bertz CT molecular complexity index is 2580. The number of nitrogens with zero attached hydrogens (tertiary/aromatic N) is 14. The number of piperidine rings is 3. The molecule has 6 aliphatic heterocycles. The highest BCUT2D eigenvalue weighted by molar-refractivity contribution is 7.52. The van der Waals surface area contributed by atoms with Crippen LogP contribution < -0.4 is 34.2 Å². The molecule has 0 saturated carbocycles. The van der Waals surface area contributed by atoms with Crippen molar-refractivity contribution in [3.63, 3.8) is 0 Å². The third-order valence-corrected chi connectivity index (χ3v) is 14.7. The molecule has 9 rings (SSSR count). The fourth-order valence-corrected chi connectivity index (χ4v) is 9.95. The molecule has 28 nitrogen and oxygen atoms in total. The Morgan fingerprint density at radius 3 is 1.04 bits per heavy atom. The smallest absolute Gasteiger partial charge is 0.410 e. The monoisotopic (exact) mass is 1250 g/mol. The fourth-order valence-electron chi connectivity index (χ4n) is 9.95. The Morgan fingerprint density at radius 1 is 0.471 bits per heavy atom. The lowest BCUT2D eigenvalue weighted by Gasteiger charge is -2.35. The molecule has 0 radical (unpaired) electrons. The van der Waals surface area contributed by atoms with Crippen LogP contribution in [0.1, 0.15) is 89.8 Å². The van der Waals surface area contributed by atoms with Crippen molar-refractivity contribution in [1.82, 2.24) is 59.7 Å². The molecule has 0 aromatic carbocycles. The maximum Gasteiger partial charge on any atom is 0.410 e. The molecule has 9 heterocycles. The summed E-state index contributed by atoms with van der Waals surface area (Å²) in [6.07, 6.45) is 9.81. The largest absolute Gasteiger partial charge is 0.474 e. The van der Waals surface area contributed by atoms with E-state index in [0.717, 1.165) is 170 Å². The second-order valence-corrected chi connectivity index (χ2v) is 23.0. The van der Waals surface area contributed by atoms with Crippen LogP contribution in [0.25, 0.3) is 0 Å². The minimum atomic E-state index is -0.750. The van der Waals surface area contributed by atoms with Crippen LogP contribution >= 0.6 is 0 Å². The highest BCUT2D eigenvalue weighted by Crippen LogP contribution is 2.30. The molecule has 3 aromatic heterocycles. The van der Waals surface area contributed by atoms with Gasteiger partial charge >= 0.3 is 46.9 Å². The van der Waals surface area contributed by atoms with Gasteiger partial charge in [-0.25, -0.2) is 39.5 Å². The number of anilines is 3. The SMILES string of the molecule is Cc1c(OC2CCN(C(=O)OC(C)(C)C)CC2)ncnc1N1CCN(C)CC1.Cc1c(OC2CCN(C(=O)OC(C)C)CC2)ncnc1N1CCN(C)CC1.Cc1c(OC2CCNCC2)ncnc1N1CCN(C)CC1.O=S=O.O=S=O.O=S=O. The molecule has 6 saturated heterocycles. The molecule has 0 atom stereocenters. The number of piperazine rings is 3. The molecule has 0 aliphatic carbocycles. The Morgan fingerprint density at radius 2 is 0.753 bits per heavy atom. The Balaban J connectivity index is 0.000000257. The molecule has 85 heavy (non-hydrogen) atoms. The van der Waals surface area contributed by atoms with Crippen molar-refractivity contribution < 1.29 is 58.5 Å². The van der Waals surface area contributed by atoms with Crippen LogP contribution in [0.2, 0.25) is 0 Å². The van der Waals surface area contributed by atoms with Gasteiger partial charge in [-0.2, -0.15) is 25.3 Å². The third kappa shape index (κ3) is 24.6. The highest BCUT2D eigenvalue weighted by atomic mass is 32.1. The first-order chi connectivity index (χ1) is 40.6. The van der Waals surface area contributed by atoms with E-state index in [2.05, 4.69) is 92.7 Å². The summed E-state index contributed by atoms with van der Waals surface area (Å²) in [4.78, 5) is 68.2. The van der Waals surface area contributed by atoms with E-state index in [-0.39, 0.29) is 36.6 Å². The minimum absolute atomic E-state index is 0.0487. The van der Waals surface area contributed by atoms with Crippen molar-refractivity contribution in [2.24, 2.45) is 0 Å². The number of likely N-dealkylation sites (N-methyl/N-ethyl adjacent to an activating group) is 3. The van der Waals surface area contributed by atoms with Crippen molar-refractivity contribution in [3.05, 3.63) is 35.7 Å². The summed E-state index contributed by atoms with van der Waals surface area (Å²) in [6, 6.07) is 0. The van der Waals surface area contributed by atoms with Gasteiger partial charge in [-0.3, -0.25) is 0 Å². The van der Waals surface area contributed by atoms with Crippen LogP contribution in [0.15, 0.2) is 19.0 Å². The van der Waals surface area contributed by atoms with E-state index >= 15 is 0 Å². The van der Waals surface area contributed by atoms with Crippen molar-refractivity contribution in [2.75, 3.05) is 154 Å². The summed E-state index contributed by atoms with van der Waals surface area (Å²) in [5.41, 5.74) is 2.58. The lowest BCUT2D eigenvalue weighted by molar-refractivity contribution is 0.0122. The summed E-state index contributed by atoms with van der Waals surface area (Å²) < 4.78 is 79.0. The van der Waals surface area contributed by atoms with Crippen LogP contribution in [0.3, 0.4) is 0 Å². The zero-order chi connectivity index (χ0) is 62.5. The zero-order valence-electron chi connectivity index (χ0n) is 51.3. The quantitative estimate of drug-likeness (QED) is 0.305. The van der Waals surface area contributed by atoms with E-state index in [0.29, 0.717) is 37.9 Å². The standard InChI is InChI=1S/C20H33N5O3.C19H31N5O3.C15H25N5O.3O2S/c1-15-17(24-12-10-23(5)11-13-24)21-14-22-18(15)27-16-6-8-25(9-7-16)19(26)28-20(2,3)4;1-14(2)26-19(25)24-7-5-16(6-8-24)27-18-15(3)17(20-13-21-18)23-11-9-22(4)10-12-23;1-12-14(20-9-7-19(2)8-10-20)17-11-18-15(12)21-13-3-5-16-6-4-13;3*1-3-2/h14,16H,6-13H2,1-5H3;13-14,16H,5-12H2,1-4H3;11,13,16H,3-10H2,1-2H3;;;. The van der Waals surface area contributed by atoms with E-state index in [9.17, 15) is 9.59 Å². The molecule has 0 unspecified atom stereocenters. The van der Waals surface area contributed by atoms with Crippen LogP contribution in [-0.4, -0.2) is 261 Å². The van der Waals surface area contributed by atoms with Crippen molar-refractivity contribution in [1.29, 1.82) is 0 Å². The zero-order valence-corrected chi connectivity index (χ0v) is 53.8. The van der Waals surface area contributed by atoms with Gasteiger partial charge < -0.3 is 68.2 Å². The van der Waals surface area contributed by atoms with Crippen LogP contribution in [0.5, 0.6) is 17.6 Å². The fraction of sp³-hybridized carbons (Fsp3) is 0.741. The van der Waals surface area contributed by atoms with Gasteiger partial charge in [0.1, 0.15) is 60.3 Å². The molecule has 3 aromatic rings. The average molecular weight is 1250 g/mol. The lowest BCUT2D eigenvalue weighted by Crippen LogP contribution is -2.45. The second-order valence-electron chi connectivity index (χ2n) is 22.5. The van der Waals surface area contributed by atoms with Gasteiger partial charge in [-0.05, 0) is 102 Å². The number of amides is 2. The van der Waals surface area contributed by atoms with E-state index < -0.39 is 40.3 Å². The number of carbonyl (C=O) groups is 2. The number of rotatable bonds is 10. The average Bonchev–Trinajstić information content (AvgIpc) is 3.52. The van der Waals surface area contributed by atoms with E-state index in [1.807, 2.05) is 48.5 Å². The van der Waals surface area contributed by atoms with Gasteiger partial charge in [-0.1, -0.05) is 0 Å². The molecule has 31 heteroatoms. The summed E-state index contributed by atoms with van der Waals surface area (Å²) in [7, 11) is 6.44. The maximum atomic E-state index is 12.2. The van der Waals surface area contributed by atoms with Gasteiger partial charge in [0.2, 0.25) is 17.6 Å². The number of carbonyl (C=O) groups excluding carboxylic acids is 2. The number of nitrogens with one attached hydrogen (secondary N) is 1. The van der Waals surface area contributed by atoms with E-state index in [1.165, 1.54) is 0 Å². The van der Waals surface area contributed by atoms with Crippen molar-refractivity contribution >= 4 is 64.4 Å². The van der Waals surface area contributed by atoms with Crippen LogP contribution in [-0.2, 0) is 44.2 Å². The normalized spacial score (nSPS) is 18.4. The number of ether oxygens (including phenoxy) is 5. The molecule has 0 spiro atoms.